The van der Waals surface area contributed by atoms with Crippen LogP contribution in [0.15, 0.2) is 24.3 Å². The molecule has 2 N–H and O–H groups in total. The second kappa shape index (κ2) is 8.55. The van der Waals surface area contributed by atoms with Crippen LogP contribution in [0.25, 0.3) is 0 Å². The molecule has 0 radical (unpaired) electrons. The molecule has 1 rings (SSSR count). The van der Waals surface area contributed by atoms with Crippen LogP contribution < -0.4 is 5.32 Å². The Hall–Kier alpha value is -0.710. The Bertz CT molecular complexity index is 420. The Kier molecular flexibility index (Phi) is 7.41. The van der Waals surface area contributed by atoms with Crippen LogP contribution in [-0.4, -0.2) is 35.7 Å². The van der Waals surface area contributed by atoms with Gasteiger partial charge in [-0.15, -0.1) is 0 Å². The van der Waals surface area contributed by atoms with Crippen LogP contribution in [0.3, 0.4) is 0 Å². The van der Waals surface area contributed by atoms with E-state index in [1.165, 1.54) is 0 Å². The van der Waals surface area contributed by atoms with Crippen LogP contribution in [-0.2, 0) is 10.2 Å². The highest BCUT2D eigenvalue weighted by Gasteiger charge is 2.29. The molecule has 0 heterocycles. The van der Waals surface area contributed by atoms with Crippen LogP contribution in [0.1, 0.15) is 25.8 Å². The third kappa shape index (κ3) is 5.35. The number of nitrogens with one attached hydrogen (secondary N) is 1. The summed E-state index contributed by atoms with van der Waals surface area (Å²) >= 11 is 7.60. The number of aliphatic hydroxyl groups excluding tert-OH is 1. The monoisotopic (exact) mass is 315 g/mol. The standard InChI is InChI=1S/C15H22ClNO2S/c1-15(2,12-4-6-13(16)7-5-12)14(19)17-8-11-20-10-3-9-18/h4-7,18H,3,8-11H2,1-2H3,(H,17,19). The molecule has 0 aliphatic carbocycles. The quantitative estimate of drug-likeness (QED) is 0.725. The fourth-order valence-electron chi connectivity index (χ4n) is 1.72. The number of carbonyl (C=O) groups is 1. The molecular weight excluding hydrogens is 294 g/mol. The van der Waals surface area contributed by atoms with Crippen molar-refractivity contribution in [2.75, 3.05) is 24.7 Å². The molecule has 0 unspecified atom stereocenters. The van der Waals surface area contributed by atoms with E-state index < -0.39 is 5.41 Å². The molecule has 0 aromatic heterocycles. The maximum absolute atomic E-state index is 12.2. The molecule has 0 aliphatic rings. The van der Waals surface area contributed by atoms with Gasteiger partial charge in [-0.2, -0.15) is 11.8 Å². The number of rotatable bonds is 8. The zero-order valence-corrected chi connectivity index (χ0v) is 13.6. The van der Waals surface area contributed by atoms with Gasteiger partial charge in [0.05, 0.1) is 5.41 Å². The van der Waals surface area contributed by atoms with Crippen molar-refractivity contribution in [2.24, 2.45) is 0 Å². The fourth-order valence-corrected chi connectivity index (χ4v) is 2.63. The summed E-state index contributed by atoms with van der Waals surface area (Å²) in [5.74, 6) is 1.80. The maximum atomic E-state index is 12.2. The van der Waals surface area contributed by atoms with Crippen molar-refractivity contribution >= 4 is 29.3 Å². The lowest BCUT2D eigenvalue weighted by molar-refractivity contribution is -0.125. The fraction of sp³-hybridized carbons (Fsp3) is 0.533. The number of aliphatic hydroxyl groups is 1. The van der Waals surface area contributed by atoms with Crippen molar-refractivity contribution in [3.8, 4) is 0 Å². The van der Waals surface area contributed by atoms with Gasteiger partial charge in [-0.05, 0) is 43.7 Å². The van der Waals surface area contributed by atoms with E-state index in [1.54, 1.807) is 23.9 Å². The Morgan fingerprint density at radius 2 is 1.95 bits per heavy atom. The first-order chi connectivity index (χ1) is 9.48. The zero-order chi connectivity index (χ0) is 15.0. The summed E-state index contributed by atoms with van der Waals surface area (Å²) in [6, 6.07) is 7.38. The Balaban J connectivity index is 2.43. The molecule has 0 atom stereocenters. The Morgan fingerprint density at radius 3 is 2.55 bits per heavy atom. The summed E-state index contributed by atoms with van der Waals surface area (Å²) in [7, 11) is 0. The van der Waals surface area contributed by atoms with Gasteiger partial charge in [0.1, 0.15) is 0 Å². The van der Waals surface area contributed by atoms with Gasteiger partial charge in [-0.25, -0.2) is 0 Å². The van der Waals surface area contributed by atoms with Gasteiger partial charge in [0.15, 0.2) is 0 Å². The Morgan fingerprint density at radius 1 is 1.30 bits per heavy atom. The van der Waals surface area contributed by atoms with Crippen LogP contribution in [0, 0.1) is 0 Å². The number of hydrogen-bond acceptors (Lipinski definition) is 3. The number of carbonyl (C=O) groups excluding carboxylic acids is 1. The molecule has 5 heteroatoms. The molecule has 0 saturated heterocycles. The van der Waals surface area contributed by atoms with E-state index >= 15 is 0 Å². The summed E-state index contributed by atoms with van der Waals surface area (Å²) in [6.45, 7) is 4.68. The molecule has 1 aromatic carbocycles. The van der Waals surface area contributed by atoms with E-state index in [1.807, 2.05) is 26.0 Å². The number of hydrogen-bond donors (Lipinski definition) is 2. The molecule has 20 heavy (non-hydrogen) atoms. The summed E-state index contributed by atoms with van der Waals surface area (Å²) in [6.07, 6.45) is 0.800. The molecule has 0 bridgehead atoms. The van der Waals surface area contributed by atoms with E-state index in [2.05, 4.69) is 5.32 Å². The van der Waals surface area contributed by atoms with Crippen molar-refractivity contribution < 1.29 is 9.90 Å². The van der Waals surface area contributed by atoms with Gasteiger partial charge in [0.2, 0.25) is 5.91 Å². The summed E-state index contributed by atoms with van der Waals surface area (Å²) in [5.41, 5.74) is 0.382. The highest BCUT2D eigenvalue weighted by molar-refractivity contribution is 7.99. The van der Waals surface area contributed by atoms with E-state index in [9.17, 15) is 4.79 Å². The second-order valence-electron chi connectivity index (χ2n) is 5.08. The number of benzene rings is 1. The van der Waals surface area contributed by atoms with Gasteiger partial charge in [0, 0.05) is 23.9 Å². The van der Waals surface area contributed by atoms with Crippen LogP contribution in [0.2, 0.25) is 5.02 Å². The first-order valence-electron chi connectivity index (χ1n) is 6.71. The van der Waals surface area contributed by atoms with Gasteiger partial charge in [-0.3, -0.25) is 4.79 Å². The van der Waals surface area contributed by atoms with Crippen molar-refractivity contribution in [1.82, 2.24) is 5.32 Å². The Labute approximate surface area is 130 Å². The highest BCUT2D eigenvalue weighted by Crippen LogP contribution is 2.24. The normalized spacial score (nSPS) is 11.4. The molecule has 0 saturated carbocycles. The van der Waals surface area contributed by atoms with Gasteiger partial charge < -0.3 is 10.4 Å². The van der Waals surface area contributed by atoms with Crippen LogP contribution in [0.5, 0.6) is 0 Å². The smallest absolute Gasteiger partial charge is 0.230 e. The molecule has 0 aliphatic heterocycles. The van der Waals surface area contributed by atoms with Crippen molar-refractivity contribution in [3.05, 3.63) is 34.9 Å². The van der Waals surface area contributed by atoms with E-state index in [4.69, 9.17) is 16.7 Å². The largest absolute Gasteiger partial charge is 0.396 e. The maximum Gasteiger partial charge on any atom is 0.230 e. The van der Waals surface area contributed by atoms with Crippen molar-refractivity contribution in [1.29, 1.82) is 0 Å². The number of halogens is 1. The lowest BCUT2D eigenvalue weighted by atomic mass is 9.84. The number of thioether (sulfide) groups is 1. The van der Waals surface area contributed by atoms with Crippen molar-refractivity contribution in [2.45, 2.75) is 25.7 Å². The third-order valence-electron chi connectivity index (χ3n) is 3.11. The SMILES string of the molecule is CC(C)(C(=O)NCCSCCCO)c1ccc(Cl)cc1. The molecule has 112 valence electrons. The van der Waals surface area contributed by atoms with E-state index in [0.717, 1.165) is 23.5 Å². The average molecular weight is 316 g/mol. The molecule has 1 amide bonds. The predicted octanol–water partition coefficient (Wildman–Crippen LogP) is 2.85. The summed E-state index contributed by atoms with van der Waals surface area (Å²) in [5, 5.41) is 12.3. The molecule has 0 spiro atoms. The van der Waals surface area contributed by atoms with E-state index in [-0.39, 0.29) is 12.5 Å². The first kappa shape index (κ1) is 17.3. The summed E-state index contributed by atoms with van der Waals surface area (Å²) < 4.78 is 0. The summed E-state index contributed by atoms with van der Waals surface area (Å²) in [4.78, 5) is 12.2. The minimum Gasteiger partial charge on any atom is -0.396 e. The lowest BCUT2D eigenvalue weighted by Crippen LogP contribution is -2.41. The molecular formula is C15H22ClNO2S. The topological polar surface area (TPSA) is 49.3 Å². The van der Waals surface area contributed by atoms with Gasteiger partial charge in [-0.1, -0.05) is 23.7 Å². The second-order valence-corrected chi connectivity index (χ2v) is 6.74. The van der Waals surface area contributed by atoms with Gasteiger partial charge in [0.25, 0.3) is 0 Å². The lowest BCUT2D eigenvalue weighted by Gasteiger charge is -2.24. The van der Waals surface area contributed by atoms with Gasteiger partial charge >= 0.3 is 0 Å². The number of amides is 1. The molecule has 0 fully saturated rings. The molecule has 3 nitrogen and oxygen atoms in total. The minimum absolute atomic E-state index is 0.0163. The first-order valence-corrected chi connectivity index (χ1v) is 8.24. The highest BCUT2D eigenvalue weighted by atomic mass is 35.5. The van der Waals surface area contributed by atoms with Crippen LogP contribution in [0.4, 0.5) is 0 Å². The third-order valence-corrected chi connectivity index (χ3v) is 4.43. The van der Waals surface area contributed by atoms with Crippen molar-refractivity contribution in [3.63, 3.8) is 0 Å². The molecule has 1 aromatic rings. The van der Waals surface area contributed by atoms with E-state index in [0.29, 0.717) is 11.6 Å². The predicted molar refractivity (Wildman–Crippen MR) is 86.5 cm³/mol. The zero-order valence-electron chi connectivity index (χ0n) is 12.0. The average Bonchev–Trinajstić information content (AvgIpc) is 2.43. The van der Waals surface area contributed by atoms with Crippen LogP contribution >= 0.6 is 23.4 Å². The minimum atomic E-state index is -0.569.